The number of benzene rings is 2. The van der Waals surface area contributed by atoms with E-state index in [4.69, 9.17) is 9.47 Å². The van der Waals surface area contributed by atoms with Crippen LogP contribution < -0.4 is 10.1 Å². The maximum atomic E-state index is 12.8. The van der Waals surface area contributed by atoms with Crippen LogP contribution in [0.4, 0.5) is 5.69 Å². The van der Waals surface area contributed by atoms with Gasteiger partial charge in [0.15, 0.2) is 12.4 Å². The van der Waals surface area contributed by atoms with Crippen molar-refractivity contribution in [1.29, 1.82) is 0 Å². The number of Topliss-reactive ketones (excluding diaryl/α,β-unsaturated/α-hetero) is 1. The van der Waals surface area contributed by atoms with Crippen LogP contribution in [-0.2, 0) is 14.3 Å². The van der Waals surface area contributed by atoms with Gasteiger partial charge in [-0.05, 0) is 49.9 Å². The number of hydrogen-bond acceptors (Lipinski definition) is 5. The molecule has 2 aromatic rings. The predicted molar refractivity (Wildman–Crippen MR) is 109 cm³/mol. The van der Waals surface area contributed by atoms with Crippen LogP contribution in [0, 0.1) is 30.6 Å². The highest BCUT2D eigenvalue weighted by molar-refractivity contribution is 5.98. The molecule has 1 N–H and O–H groups in total. The molecule has 1 amide bonds. The summed E-state index contributed by atoms with van der Waals surface area (Å²) in [6.45, 7) is 1.92. The molecular formula is C24H23NO5. The zero-order valence-corrected chi connectivity index (χ0v) is 16.7. The van der Waals surface area contributed by atoms with Crippen molar-refractivity contribution in [3.05, 3.63) is 59.7 Å². The van der Waals surface area contributed by atoms with Crippen LogP contribution >= 0.6 is 0 Å². The van der Waals surface area contributed by atoms with Crippen LogP contribution in [0.3, 0.4) is 0 Å². The van der Waals surface area contributed by atoms with Crippen LogP contribution in [0.2, 0.25) is 0 Å². The number of nitrogens with one attached hydrogen (secondary N) is 1. The lowest BCUT2D eigenvalue weighted by atomic mass is 9.79. The molecule has 0 radical (unpaired) electrons. The Morgan fingerprint density at radius 2 is 1.80 bits per heavy atom. The normalized spacial score (nSPS) is 28.3. The topological polar surface area (TPSA) is 81.7 Å². The second-order valence-electron chi connectivity index (χ2n) is 8.51. The maximum Gasteiger partial charge on any atom is 0.310 e. The van der Waals surface area contributed by atoms with Crippen molar-refractivity contribution in [1.82, 2.24) is 0 Å². The molecule has 0 spiro atoms. The molecule has 1 heterocycles. The molecule has 30 heavy (non-hydrogen) atoms. The van der Waals surface area contributed by atoms with E-state index in [-0.39, 0.29) is 54.0 Å². The van der Waals surface area contributed by atoms with Crippen molar-refractivity contribution in [2.45, 2.75) is 25.9 Å². The van der Waals surface area contributed by atoms with Crippen molar-refractivity contribution in [2.75, 3.05) is 11.9 Å². The molecule has 2 aliphatic carbocycles. The van der Waals surface area contributed by atoms with Gasteiger partial charge in [0.1, 0.15) is 11.9 Å². The third-order valence-corrected chi connectivity index (χ3v) is 6.65. The maximum absolute atomic E-state index is 12.8. The number of ether oxygens (including phenoxy) is 2. The number of hydrogen-bond donors (Lipinski definition) is 1. The first-order valence-corrected chi connectivity index (χ1v) is 10.3. The quantitative estimate of drug-likeness (QED) is 0.589. The van der Waals surface area contributed by atoms with E-state index < -0.39 is 0 Å². The fourth-order valence-electron chi connectivity index (χ4n) is 5.19. The Hall–Kier alpha value is -3.15. The molecule has 3 fully saturated rings. The second-order valence-corrected chi connectivity index (χ2v) is 8.51. The summed E-state index contributed by atoms with van der Waals surface area (Å²) >= 11 is 0. The molecule has 6 heteroatoms. The summed E-state index contributed by atoms with van der Waals surface area (Å²) in [5.74, 6) is -0.0263. The first-order chi connectivity index (χ1) is 14.5. The SMILES string of the molecule is Cc1ccc(C(=O)COc2ccc(NC(=O)[C@H]3[C@@H]4C[C@H]5[C@@H]3C(=O)O[C@@H]5C4)cc2)cc1. The molecule has 5 atom stereocenters. The fraction of sp³-hybridized carbons (Fsp3) is 0.375. The van der Waals surface area contributed by atoms with E-state index in [2.05, 4.69) is 5.32 Å². The van der Waals surface area contributed by atoms with Crippen LogP contribution in [0.15, 0.2) is 48.5 Å². The molecule has 2 bridgehead atoms. The van der Waals surface area contributed by atoms with Gasteiger partial charge in [-0.1, -0.05) is 29.8 Å². The van der Waals surface area contributed by atoms with Gasteiger partial charge in [0.25, 0.3) is 0 Å². The standard InChI is InChI=1S/C24H23NO5/c1-13-2-4-14(5-3-13)19(26)12-29-17-8-6-16(7-9-17)25-23(27)21-15-10-18-20(11-15)30-24(28)22(18)21/h2-9,15,18,20-22H,10-12H2,1H3,(H,25,27)/t15-,18-,20-,21+,22+/m1/s1. The average Bonchev–Trinajstić information content (AvgIpc) is 3.36. The summed E-state index contributed by atoms with van der Waals surface area (Å²) < 4.78 is 11.0. The van der Waals surface area contributed by atoms with Crippen molar-refractivity contribution in [3.8, 4) is 5.75 Å². The van der Waals surface area contributed by atoms with Crippen LogP contribution in [0.1, 0.15) is 28.8 Å². The van der Waals surface area contributed by atoms with E-state index in [1.807, 2.05) is 19.1 Å². The number of esters is 1. The molecule has 0 unspecified atom stereocenters. The third kappa shape index (κ3) is 3.26. The van der Waals surface area contributed by atoms with Crippen molar-refractivity contribution < 1.29 is 23.9 Å². The minimum Gasteiger partial charge on any atom is -0.485 e. The van der Waals surface area contributed by atoms with Crippen LogP contribution in [-0.4, -0.2) is 30.4 Å². The number of carbonyl (C=O) groups excluding carboxylic acids is 3. The Kier molecular flexibility index (Phi) is 4.57. The molecule has 1 aliphatic heterocycles. The number of anilines is 1. The van der Waals surface area contributed by atoms with E-state index in [1.165, 1.54) is 0 Å². The molecule has 0 aromatic heterocycles. The van der Waals surface area contributed by atoms with E-state index in [9.17, 15) is 14.4 Å². The fourth-order valence-corrected chi connectivity index (χ4v) is 5.19. The Morgan fingerprint density at radius 3 is 2.53 bits per heavy atom. The van der Waals surface area contributed by atoms with Gasteiger partial charge in [0.2, 0.25) is 5.91 Å². The summed E-state index contributed by atoms with van der Waals surface area (Å²) in [6, 6.07) is 14.3. The van der Waals surface area contributed by atoms with Gasteiger partial charge in [0.05, 0.1) is 11.8 Å². The van der Waals surface area contributed by atoms with E-state index in [1.54, 1.807) is 36.4 Å². The van der Waals surface area contributed by atoms with Crippen molar-refractivity contribution in [3.63, 3.8) is 0 Å². The Balaban J connectivity index is 1.17. The summed E-state index contributed by atoms with van der Waals surface area (Å²) in [4.78, 5) is 37.1. The number of ketones is 1. The Morgan fingerprint density at radius 1 is 1.07 bits per heavy atom. The number of rotatable bonds is 6. The number of aryl methyl sites for hydroxylation is 1. The number of fused-ring (bicyclic) bond motifs is 1. The second kappa shape index (κ2) is 7.27. The zero-order chi connectivity index (χ0) is 20.8. The van der Waals surface area contributed by atoms with Gasteiger partial charge in [-0.25, -0.2) is 0 Å². The molecule has 3 aliphatic rings. The van der Waals surface area contributed by atoms with Crippen molar-refractivity contribution in [2.24, 2.45) is 23.7 Å². The largest absolute Gasteiger partial charge is 0.485 e. The summed E-state index contributed by atoms with van der Waals surface area (Å²) in [5.41, 5.74) is 2.35. The third-order valence-electron chi connectivity index (χ3n) is 6.65. The minimum atomic E-state index is -0.302. The lowest BCUT2D eigenvalue weighted by molar-refractivity contribution is -0.145. The highest BCUT2D eigenvalue weighted by Gasteiger charge is 2.63. The van der Waals surface area contributed by atoms with Gasteiger partial charge in [0, 0.05) is 17.2 Å². The number of amides is 1. The molecule has 2 saturated carbocycles. The molecule has 154 valence electrons. The van der Waals surface area contributed by atoms with Gasteiger partial charge in [-0.15, -0.1) is 0 Å². The number of carbonyl (C=O) groups is 3. The molecule has 1 saturated heterocycles. The molecular weight excluding hydrogens is 382 g/mol. The van der Waals surface area contributed by atoms with Gasteiger partial charge in [-0.2, -0.15) is 0 Å². The highest BCUT2D eigenvalue weighted by Crippen LogP contribution is 2.57. The average molecular weight is 405 g/mol. The van der Waals surface area contributed by atoms with E-state index >= 15 is 0 Å². The lowest BCUT2D eigenvalue weighted by Gasteiger charge is -2.23. The zero-order valence-electron chi connectivity index (χ0n) is 16.7. The first-order valence-electron chi connectivity index (χ1n) is 10.3. The van der Waals surface area contributed by atoms with Gasteiger partial charge in [-0.3, -0.25) is 14.4 Å². The minimum absolute atomic E-state index is 0.0237. The monoisotopic (exact) mass is 405 g/mol. The van der Waals surface area contributed by atoms with E-state index in [0.717, 1.165) is 18.4 Å². The summed E-state index contributed by atoms with van der Waals surface area (Å²) in [7, 11) is 0. The first kappa shape index (κ1) is 18.9. The molecule has 6 nitrogen and oxygen atoms in total. The van der Waals surface area contributed by atoms with Crippen molar-refractivity contribution >= 4 is 23.3 Å². The van der Waals surface area contributed by atoms with E-state index in [0.29, 0.717) is 17.0 Å². The highest BCUT2D eigenvalue weighted by atomic mass is 16.6. The lowest BCUT2D eigenvalue weighted by Crippen LogP contribution is -2.35. The van der Waals surface area contributed by atoms with Crippen LogP contribution in [0.5, 0.6) is 5.75 Å². The Bertz CT molecular complexity index is 995. The smallest absolute Gasteiger partial charge is 0.310 e. The molecule has 2 aromatic carbocycles. The predicted octanol–water partition coefficient (Wildman–Crippen LogP) is 3.39. The van der Waals surface area contributed by atoms with Crippen LogP contribution in [0.25, 0.3) is 0 Å². The van der Waals surface area contributed by atoms with Gasteiger partial charge >= 0.3 is 5.97 Å². The summed E-state index contributed by atoms with van der Waals surface area (Å²) in [5, 5.41) is 2.93. The Labute approximate surface area is 174 Å². The van der Waals surface area contributed by atoms with Gasteiger partial charge < -0.3 is 14.8 Å². The molecule has 5 rings (SSSR count). The summed E-state index contributed by atoms with van der Waals surface area (Å²) in [6.07, 6.45) is 1.73.